The highest BCUT2D eigenvalue weighted by Gasteiger charge is 2.48. The minimum absolute atomic E-state index is 0.0174. The van der Waals surface area contributed by atoms with Crippen LogP contribution in [-0.4, -0.2) is 11.9 Å². The van der Waals surface area contributed by atoms with Crippen LogP contribution >= 0.6 is 0 Å². The lowest BCUT2D eigenvalue weighted by atomic mass is 9.82. The summed E-state index contributed by atoms with van der Waals surface area (Å²) in [7, 11) is 0. The molecular weight excluding hydrogens is 266 g/mol. The van der Waals surface area contributed by atoms with Gasteiger partial charge in [-0.25, -0.2) is 0 Å². The van der Waals surface area contributed by atoms with Crippen molar-refractivity contribution in [2.45, 2.75) is 20.3 Å². The maximum atomic E-state index is 12.5. The number of carboxylic acids is 1. The Hall–Kier alpha value is -2.10. The average Bonchev–Trinajstić information content (AvgIpc) is 2.96. The Bertz CT molecular complexity index is 615. The summed E-state index contributed by atoms with van der Waals surface area (Å²) in [6, 6.07) is 5.81. The van der Waals surface area contributed by atoms with Gasteiger partial charge in [0.15, 0.2) is 0 Å². The van der Waals surface area contributed by atoms with Gasteiger partial charge in [-0.2, -0.15) is 0 Å². The maximum Gasteiger partial charge on any atom is 0.228 e. The third kappa shape index (κ3) is 2.46. The number of nitrogens with one attached hydrogen (secondary N) is 1. The summed E-state index contributed by atoms with van der Waals surface area (Å²) in [6.07, 6.45) is 4.62. The van der Waals surface area contributed by atoms with Crippen molar-refractivity contribution in [3.05, 3.63) is 41.5 Å². The number of carboxylic acid groups (broad SMARTS) is 1. The molecule has 0 heterocycles. The molecule has 0 radical (unpaired) electrons. The SMILES string of the molecule is Cc1cc(C)cc(NC(=O)[C@@H]2[C@@H](C(=O)[O-])[C@H]3C=C[C@@H]2C3)c1. The first kappa shape index (κ1) is 13.9. The molecule has 21 heavy (non-hydrogen) atoms. The van der Waals surface area contributed by atoms with E-state index in [1.807, 2.05) is 44.2 Å². The second-order valence-electron chi connectivity index (χ2n) is 6.18. The third-order valence-electron chi connectivity index (χ3n) is 4.52. The molecule has 3 rings (SSSR count). The van der Waals surface area contributed by atoms with Gasteiger partial charge in [0.25, 0.3) is 0 Å². The van der Waals surface area contributed by atoms with Crippen molar-refractivity contribution >= 4 is 17.6 Å². The molecular formula is C17H18NO3-. The number of aryl methyl sites for hydroxylation is 2. The molecule has 1 N–H and O–H groups in total. The zero-order valence-corrected chi connectivity index (χ0v) is 12.1. The number of aliphatic carboxylic acids is 1. The van der Waals surface area contributed by atoms with Gasteiger partial charge >= 0.3 is 0 Å². The van der Waals surface area contributed by atoms with Crippen LogP contribution in [0.2, 0.25) is 0 Å². The molecule has 4 nitrogen and oxygen atoms in total. The lowest BCUT2D eigenvalue weighted by molar-refractivity contribution is -0.313. The highest BCUT2D eigenvalue weighted by Crippen LogP contribution is 2.48. The van der Waals surface area contributed by atoms with Gasteiger partial charge in [-0.15, -0.1) is 0 Å². The van der Waals surface area contributed by atoms with Gasteiger partial charge in [0.05, 0.1) is 5.92 Å². The molecule has 0 aliphatic heterocycles. The van der Waals surface area contributed by atoms with Gasteiger partial charge in [-0.1, -0.05) is 18.2 Å². The van der Waals surface area contributed by atoms with Crippen LogP contribution in [0, 0.1) is 37.5 Å². The van der Waals surface area contributed by atoms with E-state index in [1.54, 1.807) is 0 Å². The fraction of sp³-hybridized carbons (Fsp3) is 0.412. The Morgan fingerprint density at radius 1 is 1.05 bits per heavy atom. The number of hydrogen-bond acceptors (Lipinski definition) is 3. The summed E-state index contributed by atoms with van der Waals surface area (Å²) < 4.78 is 0. The molecule has 110 valence electrons. The standard InChI is InChI=1S/C17H19NO3/c1-9-5-10(2)7-13(6-9)18-16(19)14-11-3-4-12(8-11)15(14)17(20)21/h3-7,11-12,14-15H,8H2,1-2H3,(H,18,19)(H,20,21)/p-1/t11-,12+,14+,15+/m1/s1. The van der Waals surface area contributed by atoms with Crippen molar-refractivity contribution in [2.24, 2.45) is 23.7 Å². The number of hydrogen-bond donors (Lipinski definition) is 1. The number of amides is 1. The molecule has 1 aromatic rings. The molecule has 0 spiro atoms. The third-order valence-corrected chi connectivity index (χ3v) is 4.52. The first-order valence-corrected chi connectivity index (χ1v) is 7.24. The summed E-state index contributed by atoms with van der Waals surface area (Å²) in [5.41, 5.74) is 2.85. The zero-order valence-electron chi connectivity index (χ0n) is 12.1. The molecule has 1 saturated carbocycles. The lowest BCUT2D eigenvalue weighted by Gasteiger charge is -2.27. The molecule has 1 aromatic carbocycles. The fourth-order valence-electron chi connectivity index (χ4n) is 3.77. The van der Waals surface area contributed by atoms with Gasteiger partial charge < -0.3 is 15.2 Å². The van der Waals surface area contributed by atoms with Gasteiger partial charge in [-0.05, 0) is 55.4 Å². The second kappa shape index (κ2) is 5.02. The smallest absolute Gasteiger partial charge is 0.228 e. The number of carbonyl (C=O) groups is 2. The van der Waals surface area contributed by atoms with E-state index < -0.39 is 17.8 Å². The van der Waals surface area contributed by atoms with Gasteiger partial charge in [-0.3, -0.25) is 4.79 Å². The van der Waals surface area contributed by atoms with Crippen LogP contribution in [0.25, 0.3) is 0 Å². The normalized spacial score (nSPS) is 29.6. The van der Waals surface area contributed by atoms with E-state index in [0.29, 0.717) is 0 Å². The molecule has 2 aliphatic carbocycles. The quantitative estimate of drug-likeness (QED) is 0.854. The minimum Gasteiger partial charge on any atom is -0.550 e. The van der Waals surface area contributed by atoms with E-state index in [-0.39, 0.29) is 17.7 Å². The van der Waals surface area contributed by atoms with E-state index in [4.69, 9.17) is 0 Å². The topological polar surface area (TPSA) is 69.2 Å². The fourth-order valence-corrected chi connectivity index (χ4v) is 3.77. The van der Waals surface area contributed by atoms with Crippen LogP contribution < -0.4 is 10.4 Å². The number of rotatable bonds is 3. The Morgan fingerprint density at radius 2 is 1.62 bits per heavy atom. The number of carbonyl (C=O) groups excluding carboxylic acids is 2. The number of allylic oxidation sites excluding steroid dienone is 2. The Morgan fingerprint density at radius 3 is 2.19 bits per heavy atom. The van der Waals surface area contributed by atoms with Gasteiger partial charge in [0.2, 0.25) is 5.91 Å². The molecule has 1 amide bonds. The van der Waals surface area contributed by atoms with E-state index in [0.717, 1.165) is 23.2 Å². The lowest BCUT2D eigenvalue weighted by Crippen LogP contribution is -2.42. The summed E-state index contributed by atoms with van der Waals surface area (Å²) in [6.45, 7) is 3.93. The largest absolute Gasteiger partial charge is 0.550 e. The van der Waals surface area contributed by atoms with Crippen LogP contribution in [0.15, 0.2) is 30.4 Å². The second-order valence-corrected chi connectivity index (χ2v) is 6.18. The first-order valence-electron chi connectivity index (χ1n) is 7.24. The van der Waals surface area contributed by atoms with E-state index in [1.165, 1.54) is 0 Å². The van der Waals surface area contributed by atoms with Crippen molar-refractivity contribution in [3.8, 4) is 0 Å². The predicted molar refractivity (Wildman–Crippen MR) is 77.3 cm³/mol. The Kier molecular flexibility index (Phi) is 3.32. The van der Waals surface area contributed by atoms with Gasteiger partial charge in [0, 0.05) is 17.6 Å². The van der Waals surface area contributed by atoms with E-state index >= 15 is 0 Å². The van der Waals surface area contributed by atoms with Crippen molar-refractivity contribution < 1.29 is 14.7 Å². The molecule has 0 unspecified atom stereocenters. The monoisotopic (exact) mass is 284 g/mol. The zero-order chi connectivity index (χ0) is 15.1. The van der Waals surface area contributed by atoms with E-state index in [9.17, 15) is 14.7 Å². The average molecular weight is 284 g/mol. The molecule has 1 fully saturated rings. The molecule has 2 aliphatic rings. The van der Waals surface area contributed by atoms with Crippen LogP contribution in [0.1, 0.15) is 17.5 Å². The number of anilines is 1. The molecule has 0 aromatic heterocycles. The van der Waals surface area contributed by atoms with Crippen molar-refractivity contribution in [1.82, 2.24) is 0 Å². The van der Waals surface area contributed by atoms with Crippen molar-refractivity contribution in [2.75, 3.05) is 5.32 Å². The van der Waals surface area contributed by atoms with Crippen LogP contribution in [-0.2, 0) is 9.59 Å². The summed E-state index contributed by atoms with van der Waals surface area (Å²) >= 11 is 0. The Balaban J connectivity index is 1.82. The van der Waals surface area contributed by atoms with E-state index in [2.05, 4.69) is 5.32 Å². The highest BCUT2D eigenvalue weighted by molar-refractivity contribution is 5.96. The number of fused-ring (bicyclic) bond motifs is 2. The minimum atomic E-state index is -1.12. The van der Waals surface area contributed by atoms with Crippen molar-refractivity contribution in [3.63, 3.8) is 0 Å². The first-order chi connectivity index (χ1) is 9.95. The van der Waals surface area contributed by atoms with Crippen LogP contribution in [0.4, 0.5) is 5.69 Å². The maximum absolute atomic E-state index is 12.5. The predicted octanol–water partition coefficient (Wildman–Crippen LogP) is 1.43. The summed E-state index contributed by atoms with van der Waals surface area (Å²) in [5.74, 6) is -2.60. The Labute approximate surface area is 123 Å². The molecule has 2 bridgehead atoms. The van der Waals surface area contributed by atoms with Gasteiger partial charge in [0.1, 0.15) is 0 Å². The highest BCUT2D eigenvalue weighted by atomic mass is 16.4. The molecule has 4 heteroatoms. The summed E-state index contributed by atoms with van der Waals surface area (Å²) in [4.78, 5) is 23.8. The summed E-state index contributed by atoms with van der Waals surface area (Å²) in [5, 5.41) is 14.2. The number of benzene rings is 1. The molecule has 0 saturated heterocycles. The van der Waals surface area contributed by atoms with Crippen LogP contribution in [0.5, 0.6) is 0 Å². The van der Waals surface area contributed by atoms with Crippen LogP contribution in [0.3, 0.4) is 0 Å². The molecule has 4 atom stereocenters. The van der Waals surface area contributed by atoms with Crippen molar-refractivity contribution in [1.29, 1.82) is 0 Å².